The zero-order valence-electron chi connectivity index (χ0n) is 13.1. The van der Waals surface area contributed by atoms with E-state index in [1.165, 1.54) is 11.4 Å². The minimum atomic E-state index is -3.72. The van der Waals surface area contributed by atoms with Crippen LogP contribution in [0.4, 0.5) is 0 Å². The van der Waals surface area contributed by atoms with Gasteiger partial charge in [0.05, 0.1) is 13.7 Å². The number of nitrogens with zero attached hydrogens (tertiary/aromatic N) is 1. The Kier molecular flexibility index (Phi) is 4.39. The minimum Gasteiger partial charge on any atom is -0.495 e. The van der Waals surface area contributed by atoms with Gasteiger partial charge in [-0.15, -0.1) is 0 Å². The third-order valence-electron chi connectivity index (χ3n) is 3.84. The summed E-state index contributed by atoms with van der Waals surface area (Å²) in [5, 5.41) is 0. The van der Waals surface area contributed by atoms with Gasteiger partial charge in [-0.1, -0.05) is 36.4 Å². The fraction of sp³-hybridized carbons (Fsp3) is 0.294. The molecule has 2 aromatic carbocycles. The molecular formula is C17H19NO4S. The molecule has 5 nitrogen and oxygen atoms in total. The van der Waals surface area contributed by atoms with Gasteiger partial charge in [0.15, 0.2) is 0 Å². The average Bonchev–Trinajstić information content (AvgIpc) is 3.06. The van der Waals surface area contributed by atoms with Crippen LogP contribution in [0.5, 0.6) is 5.75 Å². The lowest BCUT2D eigenvalue weighted by atomic mass is 10.2. The largest absolute Gasteiger partial charge is 0.495 e. The summed E-state index contributed by atoms with van der Waals surface area (Å²) in [7, 11) is -2.25. The lowest BCUT2D eigenvalue weighted by molar-refractivity contribution is 0.0682. The van der Waals surface area contributed by atoms with Crippen LogP contribution < -0.4 is 4.74 Å². The van der Waals surface area contributed by atoms with Crippen LogP contribution in [0.2, 0.25) is 0 Å². The summed E-state index contributed by atoms with van der Waals surface area (Å²) in [6.07, 6.45) is -0.605. The summed E-state index contributed by atoms with van der Waals surface area (Å²) in [5.41, 5.74) is 1.68. The van der Waals surface area contributed by atoms with Crippen LogP contribution in [0, 0.1) is 6.92 Å². The summed E-state index contributed by atoms with van der Waals surface area (Å²) >= 11 is 0. The number of methoxy groups -OCH3 is 1. The van der Waals surface area contributed by atoms with Gasteiger partial charge in [0.2, 0.25) is 10.0 Å². The third kappa shape index (κ3) is 2.97. The second-order valence-corrected chi connectivity index (χ2v) is 7.26. The molecule has 23 heavy (non-hydrogen) atoms. The standard InChI is InChI=1S/C17H19NO4S/c1-13-8-9-15(21-2)16(12-13)23(19,20)18-10-11-22-17(18)14-6-4-3-5-7-14/h3-9,12,17H,10-11H2,1-2H3. The van der Waals surface area contributed by atoms with E-state index >= 15 is 0 Å². The highest BCUT2D eigenvalue weighted by molar-refractivity contribution is 7.89. The Morgan fingerprint density at radius 1 is 1.17 bits per heavy atom. The summed E-state index contributed by atoms with van der Waals surface area (Å²) in [6.45, 7) is 2.54. The maximum atomic E-state index is 13.1. The fourth-order valence-corrected chi connectivity index (χ4v) is 4.44. The SMILES string of the molecule is COc1ccc(C)cc1S(=O)(=O)N1CCOC1c1ccccc1. The maximum absolute atomic E-state index is 13.1. The number of aryl methyl sites for hydroxylation is 1. The maximum Gasteiger partial charge on any atom is 0.249 e. The van der Waals surface area contributed by atoms with Crippen LogP contribution >= 0.6 is 0 Å². The molecule has 1 heterocycles. The quantitative estimate of drug-likeness (QED) is 0.863. The molecule has 6 heteroatoms. The van der Waals surface area contributed by atoms with E-state index in [0.29, 0.717) is 18.9 Å². The van der Waals surface area contributed by atoms with Crippen molar-refractivity contribution in [3.05, 3.63) is 59.7 Å². The van der Waals surface area contributed by atoms with Crippen molar-refractivity contribution < 1.29 is 17.9 Å². The molecule has 1 aliphatic rings. The molecule has 0 spiro atoms. The van der Waals surface area contributed by atoms with E-state index in [4.69, 9.17) is 9.47 Å². The molecule has 0 radical (unpaired) electrons. The highest BCUT2D eigenvalue weighted by Gasteiger charge is 2.38. The molecule has 1 aliphatic heterocycles. The Hall–Kier alpha value is -1.89. The summed E-state index contributed by atoms with van der Waals surface area (Å²) in [4.78, 5) is 0.173. The Bertz CT molecular complexity index is 789. The van der Waals surface area contributed by atoms with E-state index in [0.717, 1.165) is 11.1 Å². The van der Waals surface area contributed by atoms with E-state index in [-0.39, 0.29) is 4.90 Å². The van der Waals surface area contributed by atoms with Crippen molar-refractivity contribution in [3.8, 4) is 5.75 Å². The fourth-order valence-electron chi connectivity index (χ4n) is 2.69. The number of hydrogen-bond donors (Lipinski definition) is 0. The topological polar surface area (TPSA) is 55.8 Å². The first kappa shape index (κ1) is 16.0. The van der Waals surface area contributed by atoms with E-state index in [9.17, 15) is 8.42 Å². The summed E-state index contributed by atoms with van der Waals surface area (Å²) in [5.74, 6) is 0.342. The highest BCUT2D eigenvalue weighted by atomic mass is 32.2. The molecule has 3 rings (SSSR count). The molecule has 2 aromatic rings. The number of rotatable bonds is 4. The lowest BCUT2D eigenvalue weighted by Gasteiger charge is -2.24. The zero-order chi connectivity index (χ0) is 16.4. The molecule has 1 unspecified atom stereocenters. The molecule has 122 valence electrons. The van der Waals surface area contributed by atoms with Crippen molar-refractivity contribution in [1.29, 1.82) is 0 Å². The Morgan fingerprint density at radius 2 is 1.91 bits per heavy atom. The van der Waals surface area contributed by atoms with Gasteiger partial charge in [0.25, 0.3) is 0 Å². The van der Waals surface area contributed by atoms with Gasteiger partial charge in [0, 0.05) is 6.54 Å². The van der Waals surface area contributed by atoms with E-state index in [2.05, 4.69) is 0 Å². The first-order chi connectivity index (χ1) is 11.0. The van der Waals surface area contributed by atoms with Crippen molar-refractivity contribution in [2.45, 2.75) is 18.0 Å². The minimum absolute atomic E-state index is 0.173. The Labute approximate surface area is 136 Å². The first-order valence-electron chi connectivity index (χ1n) is 7.37. The van der Waals surface area contributed by atoms with Crippen LogP contribution in [-0.4, -0.2) is 33.0 Å². The Morgan fingerprint density at radius 3 is 2.61 bits per heavy atom. The van der Waals surface area contributed by atoms with Crippen LogP contribution in [0.1, 0.15) is 17.4 Å². The molecule has 1 atom stereocenters. The zero-order valence-corrected chi connectivity index (χ0v) is 13.9. The van der Waals surface area contributed by atoms with Gasteiger partial charge < -0.3 is 9.47 Å². The van der Waals surface area contributed by atoms with Crippen molar-refractivity contribution in [1.82, 2.24) is 4.31 Å². The molecule has 0 bridgehead atoms. The van der Waals surface area contributed by atoms with Crippen molar-refractivity contribution >= 4 is 10.0 Å². The van der Waals surface area contributed by atoms with Crippen molar-refractivity contribution in [2.24, 2.45) is 0 Å². The molecule has 1 fully saturated rings. The molecule has 0 N–H and O–H groups in total. The lowest BCUT2D eigenvalue weighted by Crippen LogP contribution is -2.31. The van der Waals surface area contributed by atoms with Crippen molar-refractivity contribution in [2.75, 3.05) is 20.3 Å². The number of ether oxygens (including phenoxy) is 2. The normalized spacial score (nSPS) is 19.0. The van der Waals surface area contributed by atoms with Crippen LogP contribution in [0.15, 0.2) is 53.4 Å². The highest BCUT2D eigenvalue weighted by Crippen LogP contribution is 2.35. The predicted molar refractivity (Wildman–Crippen MR) is 86.8 cm³/mol. The smallest absolute Gasteiger partial charge is 0.249 e. The average molecular weight is 333 g/mol. The van der Waals surface area contributed by atoms with Crippen molar-refractivity contribution in [3.63, 3.8) is 0 Å². The second-order valence-electron chi connectivity index (χ2n) is 5.40. The number of benzene rings is 2. The van der Waals surface area contributed by atoms with Gasteiger partial charge in [0.1, 0.15) is 16.9 Å². The van der Waals surface area contributed by atoms with Gasteiger partial charge in [-0.25, -0.2) is 8.42 Å². The van der Waals surface area contributed by atoms with Crippen LogP contribution in [-0.2, 0) is 14.8 Å². The number of hydrogen-bond acceptors (Lipinski definition) is 4. The second kappa shape index (κ2) is 6.31. The van der Waals surface area contributed by atoms with Gasteiger partial charge in [-0.05, 0) is 30.2 Å². The monoisotopic (exact) mass is 333 g/mol. The van der Waals surface area contributed by atoms with E-state index in [1.807, 2.05) is 43.3 Å². The summed E-state index contributed by atoms with van der Waals surface area (Å²) < 4.78 is 38.5. The first-order valence-corrected chi connectivity index (χ1v) is 8.81. The molecule has 0 aliphatic carbocycles. The molecular weight excluding hydrogens is 314 g/mol. The number of sulfonamides is 1. The summed E-state index contributed by atoms with van der Waals surface area (Å²) in [6, 6.07) is 14.5. The predicted octanol–water partition coefficient (Wildman–Crippen LogP) is 2.72. The van der Waals surface area contributed by atoms with Crippen LogP contribution in [0.25, 0.3) is 0 Å². The molecule has 0 amide bonds. The molecule has 0 saturated carbocycles. The molecule has 1 saturated heterocycles. The van der Waals surface area contributed by atoms with E-state index in [1.54, 1.807) is 12.1 Å². The van der Waals surface area contributed by atoms with Gasteiger partial charge in [-0.2, -0.15) is 4.31 Å². The van der Waals surface area contributed by atoms with Gasteiger partial charge >= 0.3 is 0 Å². The van der Waals surface area contributed by atoms with Crippen LogP contribution in [0.3, 0.4) is 0 Å². The van der Waals surface area contributed by atoms with Gasteiger partial charge in [-0.3, -0.25) is 0 Å². The molecule has 0 aromatic heterocycles. The third-order valence-corrected chi connectivity index (χ3v) is 5.71. The Balaban J connectivity index is 2.04. The van der Waals surface area contributed by atoms with E-state index < -0.39 is 16.3 Å².